The molecule has 1 N–H and O–H groups in total. The molecule has 0 aliphatic rings. The zero-order chi connectivity index (χ0) is 22.9. The molecule has 0 aliphatic heterocycles. The average molecular weight is 454 g/mol. The summed E-state index contributed by atoms with van der Waals surface area (Å²) in [7, 11) is 1.34. The fourth-order valence-corrected chi connectivity index (χ4v) is 4.37. The minimum Gasteiger partial charge on any atom is -0.494 e. The van der Waals surface area contributed by atoms with Crippen molar-refractivity contribution in [3.05, 3.63) is 65.0 Å². The number of benzene rings is 2. The number of hydrogen-bond donors (Lipinski definition) is 1. The second-order valence-corrected chi connectivity index (χ2v) is 8.22. The lowest BCUT2D eigenvalue weighted by atomic mass is 10.0. The molecule has 1 aromatic heterocycles. The Balaban J connectivity index is 1.71. The van der Waals surface area contributed by atoms with E-state index in [4.69, 9.17) is 14.2 Å². The van der Waals surface area contributed by atoms with Gasteiger partial charge < -0.3 is 19.5 Å². The molecule has 0 fully saturated rings. The van der Waals surface area contributed by atoms with Crippen molar-refractivity contribution in [1.29, 1.82) is 0 Å². The van der Waals surface area contributed by atoms with Crippen LogP contribution in [-0.4, -0.2) is 32.2 Å². The second kappa shape index (κ2) is 11.3. The first-order valence-electron chi connectivity index (χ1n) is 10.5. The van der Waals surface area contributed by atoms with E-state index in [0.717, 1.165) is 27.5 Å². The monoisotopic (exact) mass is 453 g/mol. The van der Waals surface area contributed by atoms with Crippen LogP contribution in [0.4, 0.5) is 5.00 Å². The van der Waals surface area contributed by atoms with Gasteiger partial charge in [-0.1, -0.05) is 30.3 Å². The highest BCUT2D eigenvalue weighted by Gasteiger charge is 2.25. The normalized spacial score (nSPS) is 10.5. The topological polar surface area (TPSA) is 73.9 Å². The highest BCUT2D eigenvalue weighted by atomic mass is 32.1. The summed E-state index contributed by atoms with van der Waals surface area (Å²) in [6.07, 6.45) is 0.840. The summed E-state index contributed by atoms with van der Waals surface area (Å²) in [4.78, 5) is 26.0. The Morgan fingerprint density at radius 3 is 2.31 bits per heavy atom. The van der Waals surface area contributed by atoms with Crippen molar-refractivity contribution in [3.63, 3.8) is 0 Å². The Labute approximate surface area is 192 Å². The summed E-state index contributed by atoms with van der Waals surface area (Å²) in [6, 6.07) is 17.0. The van der Waals surface area contributed by atoms with Crippen molar-refractivity contribution in [3.8, 4) is 22.6 Å². The first-order chi connectivity index (χ1) is 15.5. The lowest BCUT2D eigenvalue weighted by Crippen LogP contribution is -2.14. The van der Waals surface area contributed by atoms with Crippen LogP contribution < -0.4 is 14.8 Å². The summed E-state index contributed by atoms with van der Waals surface area (Å²) in [5, 5.41) is 3.38. The minimum absolute atomic E-state index is 0.175. The van der Waals surface area contributed by atoms with Crippen LogP contribution in [0, 0.1) is 6.92 Å². The van der Waals surface area contributed by atoms with E-state index in [2.05, 4.69) is 5.32 Å². The molecule has 0 saturated carbocycles. The fraction of sp³-hybridized carbons (Fsp3) is 0.280. The molecule has 32 heavy (non-hydrogen) atoms. The third kappa shape index (κ3) is 5.88. The predicted molar refractivity (Wildman–Crippen MR) is 127 cm³/mol. The van der Waals surface area contributed by atoms with Gasteiger partial charge in [0.1, 0.15) is 22.1 Å². The molecule has 168 valence electrons. The Bertz CT molecular complexity index is 1040. The van der Waals surface area contributed by atoms with Gasteiger partial charge in [0, 0.05) is 16.9 Å². The van der Waals surface area contributed by atoms with Crippen molar-refractivity contribution >= 4 is 28.2 Å². The molecule has 2 aromatic carbocycles. The summed E-state index contributed by atoms with van der Waals surface area (Å²) >= 11 is 1.36. The van der Waals surface area contributed by atoms with Gasteiger partial charge in [-0.15, -0.1) is 11.3 Å². The maximum atomic E-state index is 12.6. The molecule has 3 rings (SSSR count). The van der Waals surface area contributed by atoms with E-state index in [9.17, 15) is 9.59 Å². The maximum Gasteiger partial charge on any atom is 0.341 e. The number of aryl methyl sites for hydroxylation is 1. The van der Waals surface area contributed by atoms with Gasteiger partial charge in [0.15, 0.2) is 0 Å². The van der Waals surface area contributed by atoms with Crippen LogP contribution in [-0.2, 0) is 9.53 Å². The van der Waals surface area contributed by atoms with Crippen molar-refractivity contribution in [1.82, 2.24) is 0 Å². The predicted octanol–water partition coefficient (Wildman–Crippen LogP) is 5.71. The molecule has 3 aromatic rings. The second-order valence-electron chi connectivity index (χ2n) is 7.00. The molecule has 7 heteroatoms. The Hall–Kier alpha value is -3.32. The third-order valence-corrected chi connectivity index (χ3v) is 5.76. The van der Waals surface area contributed by atoms with Crippen LogP contribution in [0.5, 0.6) is 11.5 Å². The number of ether oxygens (including phenoxy) is 3. The number of para-hydroxylation sites is 1. The van der Waals surface area contributed by atoms with Crippen LogP contribution in [0.2, 0.25) is 0 Å². The molecular weight excluding hydrogens is 426 g/mol. The van der Waals surface area contributed by atoms with Crippen LogP contribution in [0.25, 0.3) is 11.1 Å². The van der Waals surface area contributed by atoms with Gasteiger partial charge in [-0.2, -0.15) is 0 Å². The summed E-state index contributed by atoms with van der Waals surface area (Å²) in [6.45, 7) is 4.86. The van der Waals surface area contributed by atoms with Gasteiger partial charge in [-0.3, -0.25) is 4.79 Å². The number of carbonyl (C=O) groups excluding carboxylic acids is 2. The van der Waals surface area contributed by atoms with E-state index in [0.29, 0.717) is 30.2 Å². The number of rotatable bonds is 10. The molecule has 0 aliphatic carbocycles. The molecule has 0 radical (unpaired) electrons. The summed E-state index contributed by atoms with van der Waals surface area (Å²) < 4.78 is 16.2. The molecule has 1 amide bonds. The number of esters is 1. The van der Waals surface area contributed by atoms with Crippen molar-refractivity contribution in [2.24, 2.45) is 0 Å². The largest absolute Gasteiger partial charge is 0.494 e. The molecule has 0 saturated heterocycles. The number of nitrogens with one attached hydrogen (secondary N) is 1. The quantitative estimate of drug-likeness (QED) is 0.315. The number of hydrogen-bond acceptors (Lipinski definition) is 6. The lowest BCUT2D eigenvalue weighted by molar-refractivity contribution is -0.116. The average Bonchev–Trinajstić information content (AvgIpc) is 3.13. The molecule has 0 unspecified atom stereocenters. The van der Waals surface area contributed by atoms with E-state index in [1.807, 2.05) is 68.4 Å². The summed E-state index contributed by atoms with van der Waals surface area (Å²) in [5.41, 5.74) is 1.99. The molecular formula is C25H27NO5S. The number of anilines is 1. The van der Waals surface area contributed by atoms with Crippen LogP contribution in [0.1, 0.15) is 35.0 Å². The van der Waals surface area contributed by atoms with Gasteiger partial charge >= 0.3 is 5.97 Å². The van der Waals surface area contributed by atoms with Crippen molar-refractivity contribution in [2.45, 2.75) is 26.7 Å². The van der Waals surface area contributed by atoms with Gasteiger partial charge in [0.25, 0.3) is 0 Å². The molecule has 6 nitrogen and oxygen atoms in total. The molecule has 1 heterocycles. The van der Waals surface area contributed by atoms with E-state index in [-0.39, 0.29) is 12.3 Å². The SMILES string of the molecule is CCOc1ccc(-c2c(C)sc(NC(=O)CCCOc3ccccc3)c2C(=O)OC)cc1. The van der Waals surface area contributed by atoms with Crippen LogP contribution in [0.15, 0.2) is 54.6 Å². The number of thiophene rings is 1. The number of methoxy groups -OCH3 is 1. The number of carbonyl (C=O) groups is 2. The molecule has 0 spiro atoms. The highest BCUT2D eigenvalue weighted by Crippen LogP contribution is 2.40. The Kier molecular flexibility index (Phi) is 8.27. The van der Waals surface area contributed by atoms with Gasteiger partial charge in [-0.05, 0) is 50.1 Å². The fourth-order valence-electron chi connectivity index (χ4n) is 3.29. The van der Waals surface area contributed by atoms with E-state index < -0.39 is 5.97 Å². The van der Waals surface area contributed by atoms with Crippen LogP contribution >= 0.6 is 11.3 Å². The molecule has 0 atom stereocenters. The van der Waals surface area contributed by atoms with E-state index in [1.165, 1.54) is 18.4 Å². The first-order valence-corrected chi connectivity index (χ1v) is 11.3. The minimum atomic E-state index is -0.485. The lowest BCUT2D eigenvalue weighted by Gasteiger charge is -2.09. The van der Waals surface area contributed by atoms with Gasteiger partial charge in [-0.25, -0.2) is 4.79 Å². The smallest absolute Gasteiger partial charge is 0.341 e. The zero-order valence-electron chi connectivity index (χ0n) is 18.5. The standard InChI is InChI=1S/C25H27NO5S/c1-4-30-20-14-12-18(13-15-20)22-17(2)32-24(23(22)25(28)29-3)26-21(27)11-8-16-31-19-9-6-5-7-10-19/h5-7,9-10,12-15H,4,8,11,16H2,1-3H3,(H,26,27). The number of amides is 1. The third-order valence-electron chi connectivity index (χ3n) is 4.74. The highest BCUT2D eigenvalue weighted by molar-refractivity contribution is 7.17. The summed E-state index contributed by atoms with van der Waals surface area (Å²) in [5.74, 6) is 0.872. The van der Waals surface area contributed by atoms with E-state index in [1.54, 1.807) is 0 Å². The van der Waals surface area contributed by atoms with Crippen molar-refractivity contribution in [2.75, 3.05) is 25.6 Å². The van der Waals surface area contributed by atoms with Gasteiger partial charge in [0.05, 0.1) is 20.3 Å². The Morgan fingerprint density at radius 2 is 1.66 bits per heavy atom. The Morgan fingerprint density at radius 1 is 0.969 bits per heavy atom. The van der Waals surface area contributed by atoms with Crippen molar-refractivity contribution < 1.29 is 23.8 Å². The van der Waals surface area contributed by atoms with Crippen LogP contribution in [0.3, 0.4) is 0 Å². The maximum absolute atomic E-state index is 12.6. The first kappa shape index (κ1) is 23.3. The van der Waals surface area contributed by atoms with Gasteiger partial charge in [0.2, 0.25) is 5.91 Å². The van der Waals surface area contributed by atoms with E-state index >= 15 is 0 Å². The molecule has 0 bridgehead atoms. The zero-order valence-corrected chi connectivity index (χ0v) is 19.3.